The molecule has 0 amide bonds. The zero-order valence-electron chi connectivity index (χ0n) is 12.1. The topological polar surface area (TPSA) is 77.8 Å². The number of hydrogen-bond donors (Lipinski definition) is 3. The number of carbonyl (C=O) groups is 1. The molecule has 0 atom stereocenters. The van der Waals surface area contributed by atoms with Crippen molar-refractivity contribution < 1.29 is 20.1 Å². The molecule has 0 fully saturated rings. The minimum absolute atomic E-state index is 0.00411. The van der Waals surface area contributed by atoms with E-state index >= 15 is 0 Å². The molecule has 0 spiro atoms. The summed E-state index contributed by atoms with van der Waals surface area (Å²) in [5.41, 5.74) is 2.19. The van der Waals surface area contributed by atoms with Crippen molar-refractivity contribution in [2.75, 3.05) is 0 Å². The zero-order chi connectivity index (χ0) is 16.4. The lowest BCUT2D eigenvalue weighted by atomic mass is 9.94. The van der Waals surface area contributed by atoms with Gasteiger partial charge in [-0.25, -0.2) is 4.79 Å². The summed E-state index contributed by atoms with van der Waals surface area (Å²) in [5.74, 6) is -0.963. The molecule has 4 nitrogen and oxygen atoms in total. The standard InChI is InChI=1S/C19H14O4/c20-17-7-3-1-5-13(17)12-9-10-15(19(22)23)16(11-12)14-6-2-4-8-18(14)21/h1-11,20-21H,(H,22,23). The number of hydrogen-bond acceptors (Lipinski definition) is 3. The van der Waals surface area contributed by atoms with Crippen LogP contribution in [0.3, 0.4) is 0 Å². The van der Waals surface area contributed by atoms with E-state index in [1.165, 1.54) is 12.1 Å². The van der Waals surface area contributed by atoms with Gasteiger partial charge in [-0.3, -0.25) is 0 Å². The van der Waals surface area contributed by atoms with Crippen LogP contribution in [0, 0.1) is 0 Å². The Labute approximate surface area is 132 Å². The van der Waals surface area contributed by atoms with Crippen LogP contribution in [0.15, 0.2) is 66.7 Å². The van der Waals surface area contributed by atoms with Crippen LogP contribution >= 0.6 is 0 Å². The van der Waals surface area contributed by atoms with Crippen LogP contribution in [0.4, 0.5) is 0 Å². The molecule has 0 saturated carbocycles. The van der Waals surface area contributed by atoms with Gasteiger partial charge in [0.25, 0.3) is 0 Å². The van der Waals surface area contributed by atoms with E-state index < -0.39 is 5.97 Å². The minimum Gasteiger partial charge on any atom is -0.507 e. The predicted octanol–water partition coefficient (Wildman–Crippen LogP) is 4.13. The number of benzene rings is 3. The minimum atomic E-state index is -1.08. The molecule has 4 heteroatoms. The average molecular weight is 306 g/mol. The van der Waals surface area contributed by atoms with Gasteiger partial charge in [0.15, 0.2) is 0 Å². The molecule has 3 rings (SSSR count). The molecule has 23 heavy (non-hydrogen) atoms. The largest absolute Gasteiger partial charge is 0.507 e. The first kappa shape index (κ1) is 14.7. The molecular formula is C19H14O4. The number of phenolic OH excluding ortho intramolecular Hbond substituents is 2. The molecule has 0 bridgehead atoms. The second-order valence-corrected chi connectivity index (χ2v) is 5.10. The maximum Gasteiger partial charge on any atom is 0.336 e. The summed E-state index contributed by atoms with van der Waals surface area (Å²) in [7, 11) is 0. The van der Waals surface area contributed by atoms with Gasteiger partial charge in [-0.05, 0) is 29.8 Å². The number of aromatic carboxylic acids is 1. The highest BCUT2D eigenvalue weighted by Gasteiger charge is 2.16. The van der Waals surface area contributed by atoms with E-state index in [4.69, 9.17) is 0 Å². The molecular weight excluding hydrogens is 292 g/mol. The number of rotatable bonds is 3. The highest BCUT2D eigenvalue weighted by atomic mass is 16.4. The lowest BCUT2D eigenvalue weighted by Crippen LogP contribution is -2.00. The molecule has 0 aliphatic rings. The molecule has 3 aromatic rings. The average Bonchev–Trinajstić information content (AvgIpc) is 2.55. The lowest BCUT2D eigenvalue weighted by Gasteiger charge is -2.12. The van der Waals surface area contributed by atoms with Gasteiger partial charge in [-0.1, -0.05) is 42.5 Å². The van der Waals surface area contributed by atoms with Crippen molar-refractivity contribution in [3.05, 3.63) is 72.3 Å². The molecule has 0 aliphatic carbocycles. The van der Waals surface area contributed by atoms with Crippen molar-refractivity contribution in [2.45, 2.75) is 0 Å². The Morgan fingerprint density at radius 1 is 0.696 bits per heavy atom. The monoisotopic (exact) mass is 306 g/mol. The van der Waals surface area contributed by atoms with Crippen molar-refractivity contribution in [1.29, 1.82) is 0 Å². The highest BCUT2D eigenvalue weighted by molar-refractivity contribution is 5.98. The third-order valence-corrected chi connectivity index (χ3v) is 3.66. The third-order valence-electron chi connectivity index (χ3n) is 3.66. The number of aromatic hydroxyl groups is 2. The molecule has 0 heterocycles. The normalized spacial score (nSPS) is 10.4. The molecule has 0 saturated heterocycles. The Balaban J connectivity index is 2.25. The van der Waals surface area contributed by atoms with Gasteiger partial charge in [0, 0.05) is 16.7 Å². The van der Waals surface area contributed by atoms with Gasteiger partial charge in [0.1, 0.15) is 11.5 Å². The molecule has 0 unspecified atom stereocenters. The molecule has 0 aromatic heterocycles. The Morgan fingerprint density at radius 3 is 1.83 bits per heavy atom. The van der Waals surface area contributed by atoms with E-state index in [1.54, 1.807) is 54.6 Å². The maximum atomic E-state index is 11.5. The van der Waals surface area contributed by atoms with Crippen molar-refractivity contribution >= 4 is 5.97 Å². The Kier molecular flexibility index (Phi) is 3.73. The number of para-hydroxylation sites is 2. The summed E-state index contributed by atoms with van der Waals surface area (Å²) in [4.78, 5) is 11.5. The zero-order valence-corrected chi connectivity index (χ0v) is 12.1. The first-order valence-electron chi connectivity index (χ1n) is 7.02. The number of carboxylic acid groups (broad SMARTS) is 1. The number of phenols is 2. The summed E-state index contributed by atoms with van der Waals surface area (Å²) in [6, 6.07) is 18.2. The van der Waals surface area contributed by atoms with Crippen molar-refractivity contribution in [1.82, 2.24) is 0 Å². The van der Waals surface area contributed by atoms with E-state index in [-0.39, 0.29) is 17.1 Å². The summed E-state index contributed by atoms with van der Waals surface area (Å²) >= 11 is 0. The van der Waals surface area contributed by atoms with Crippen LogP contribution in [0.25, 0.3) is 22.3 Å². The summed E-state index contributed by atoms with van der Waals surface area (Å²) in [5, 5.41) is 29.4. The fourth-order valence-electron chi connectivity index (χ4n) is 2.54. The predicted molar refractivity (Wildman–Crippen MR) is 87.6 cm³/mol. The Morgan fingerprint density at radius 2 is 1.26 bits per heavy atom. The fourth-order valence-corrected chi connectivity index (χ4v) is 2.54. The summed E-state index contributed by atoms with van der Waals surface area (Å²) < 4.78 is 0. The van der Waals surface area contributed by atoms with Crippen LogP contribution in [0.1, 0.15) is 10.4 Å². The molecule has 114 valence electrons. The second kappa shape index (κ2) is 5.85. The van der Waals surface area contributed by atoms with Gasteiger partial charge in [0.2, 0.25) is 0 Å². The van der Waals surface area contributed by atoms with Gasteiger partial charge in [0.05, 0.1) is 5.56 Å². The van der Waals surface area contributed by atoms with Gasteiger partial charge >= 0.3 is 5.97 Å². The first-order valence-corrected chi connectivity index (χ1v) is 7.02. The Hall–Kier alpha value is -3.27. The first-order chi connectivity index (χ1) is 11.1. The fraction of sp³-hybridized carbons (Fsp3) is 0. The maximum absolute atomic E-state index is 11.5. The van der Waals surface area contributed by atoms with E-state index in [9.17, 15) is 20.1 Å². The lowest BCUT2D eigenvalue weighted by molar-refractivity contribution is 0.0698. The highest BCUT2D eigenvalue weighted by Crippen LogP contribution is 2.36. The molecule has 0 radical (unpaired) electrons. The third kappa shape index (κ3) is 2.74. The molecule has 3 N–H and O–H groups in total. The van der Waals surface area contributed by atoms with Crippen LogP contribution in [-0.4, -0.2) is 21.3 Å². The van der Waals surface area contributed by atoms with E-state index in [0.717, 1.165) is 0 Å². The summed E-state index contributed by atoms with van der Waals surface area (Å²) in [6.45, 7) is 0. The smallest absolute Gasteiger partial charge is 0.336 e. The number of carboxylic acids is 1. The van der Waals surface area contributed by atoms with Crippen LogP contribution in [-0.2, 0) is 0 Å². The van der Waals surface area contributed by atoms with Crippen LogP contribution < -0.4 is 0 Å². The van der Waals surface area contributed by atoms with Crippen molar-refractivity contribution in [2.24, 2.45) is 0 Å². The van der Waals surface area contributed by atoms with E-state index in [2.05, 4.69) is 0 Å². The van der Waals surface area contributed by atoms with Crippen molar-refractivity contribution in [3.8, 4) is 33.8 Å². The van der Waals surface area contributed by atoms with Gasteiger partial charge in [-0.15, -0.1) is 0 Å². The quantitative estimate of drug-likeness (QED) is 0.680. The second-order valence-electron chi connectivity index (χ2n) is 5.10. The molecule has 0 aliphatic heterocycles. The van der Waals surface area contributed by atoms with Gasteiger partial charge in [-0.2, -0.15) is 0 Å². The van der Waals surface area contributed by atoms with E-state index in [0.29, 0.717) is 22.3 Å². The molecule has 3 aromatic carbocycles. The van der Waals surface area contributed by atoms with E-state index in [1.807, 2.05) is 0 Å². The SMILES string of the molecule is O=C(O)c1ccc(-c2ccccc2O)cc1-c1ccccc1O. The van der Waals surface area contributed by atoms with Crippen LogP contribution in [0.2, 0.25) is 0 Å². The summed E-state index contributed by atoms with van der Waals surface area (Å²) in [6.07, 6.45) is 0. The Bertz CT molecular complexity index is 884. The van der Waals surface area contributed by atoms with Gasteiger partial charge < -0.3 is 15.3 Å². The van der Waals surface area contributed by atoms with Crippen LogP contribution in [0.5, 0.6) is 11.5 Å². The van der Waals surface area contributed by atoms with Crippen molar-refractivity contribution in [3.63, 3.8) is 0 Å².